The smallest absolute Gasteiger partial charge is 0.153 e. The van der Waals surface area contributed by atoms with E-state index in [1.54, 1.807) is 7.05 Å². The van der Waals surface area contributed by atoms with Crippen LogP contribution in [-0.4, -0.2) is 15.0 Å². The lowest BCUT2D eigenvalue weighted by atomic mass is 10.0. The highest BCUT2D eigenvalue weighted by Gasteiger charge is 2.17. The number of rotatable bonds is 3. The van der Waals surface area contributed by atoms with Gasteiger partial charge in [-0.25, -0.2) is 13.5 Å². The molecule has 0 radical (unpaired) electrons. The normalized spacial score (nSPS) is 12.7. The number of aryl methyl sites for hydroxylation is 1. The first-order chi connectivity index (χ1) is 8.47. The summed E-state index contributed by atoms with van der Waals surface area (Å²) in [7, 11) is 1.71. The second-order valence-electron chi connectivity index (χ2n) is 3.98. The fourth-order valence-corrected chi connectivity index (χ4v) is 2.43. The quantitative estimate of drug-likeness (QED) is 0.943. The third-order valence-electron chi connectivity index (χ3n) is 2.56. The Hall–Kier alpha value is -1.34. The summed E-state index contributed by atoms with van der Waals surface area (Å²) in [4.78, 5) is 0. The summed E-state index contributed by atoms with van der Waals surface area (Å²) in [6.45, 7) is 0. The van der Waals surface area contributed by atoms with Gasteiger partial charge in [0.15, 0.2) is 4.60 Å². The van der Waals surface area contributed by atoms with Crippen molar-refractivity contribution in [1.82, 2.24) is 15.0 Å². The van der Waals surface area contributed by atoms with E-state index < -0.39 is 17.7 Å². The second-order valence-corrected chi connectivity index (χ2v) is 4.73. The first-order valence-corrected chi connectivity index (χ1v) is 6.02. The Morgan fingerprint density at radius 3 is 2.44 bits per heavy atom. The summed E-state index contributed by atoms with van der Waals surface area (Å²) < 4.78 is 28.2. The maximum atomic E-state index is 13.1. The number of nitrogens with zero attached hydrogens (tertiary/aromatic N) is 3. The van der Waals surface area contributed by atoms with E-state index in [4.69, 9.17) is 5.73 Å². The van der Waals surface area contributed by atoms with Crippen molar-refractivity contribution in [3.05, 3.63) is 45.7 Å². The molecule has 0 saturated heterocycles. The molecule has 4 nitrogen and oxygen atoms in total. The van der Waals surface area contributed by atoms with Gasteiger partial charge < -0.3 is 5.73 Å². The molecule has 1 aromatic heterocycles. The molecule has 0 aliphatic heterocycles. The predicted octanol–water partition coefficient (Wildman–Crippen LogP) is 2.10. The van der Waals surface area contributed by atoms with Crippen LogP contribution in [0.1, 0.15) is 17.3 Å². The number of aromatic nitrogens is 3. The summed E-state index contributed by atoms with van der Waals surface area (Å²) in [6, 6.07) is 2.92. The maximum absolute atomic E-state index is 13.1. The minimum Gasteiger partial charge on any atom is -0.322 e. The molecule has 1 atom stereocenters. The third kappa shape index (κ3) is 2.73. The van der Waals surface area contributed by atoms with Crippen LogP contribution >= 0.6 is 15.9 Å². The highest BCUT2D eigenvalue weighted by molar-refractivity contribution is 9.10. The monoisotopic (exact) mass is 316 g/mol. The molecule has 2 N–H and O–H groups in total. The molecular formula is C11H11BrF2N4. The zero-order valence-corrected chi connectivity index (χ0v) is 11.2. The Kier molecular flexibility index (Phi) is 3.72. The second kappa shape index (κ2) is 5.11. The molecular weight excluding hydrogens is 306 g/mol. The van der Waals surface area contributed by atoms with Crippen LogP contribution in [0.15, 0.2) is 22.8 Å². The average molecular weight is 317 g/mol. The van der Waals surface area contributed by atoms with Gasteiger partial charge in [0.25, 0.3) is 0 Å². The zero-order valence-electron chi connectivity index (χ0n) is 9.57. The van der Waals surface area contributed by atoms with Crippen molar-refractivity contribution < 1.29 is 8.78 Å². The van der Waals surface area contributed by atoms with E-state index in [1.807, 2.05) is 0 Å². The Morgan fingerprint density at radius 1 is 1.33 bits per heavy atom. The van der Waals surface area contributed by atoms with Gasteiger partial charge in [0.1, 0.15) is 11.6 Å². The fourth-order valence-electron chi connectivity index (χ4n) is 1.81. The van der Waals surface area contributed by atoms with Gasteiger partial charge in [-0.1, -0.05) is 5.21 Å². The van der Waals surface area contributed by atoms with Gasteiger partial charge in [-0.2, -0.15) is 0 Å². The summed E-state index contributed by atoms with van der Waals surface area (Å²) in [6.07, 6.45) is 0.300. The predicted molar refractivity (Wildman–Crippen MR) is 65.7 cm³/mol. The van der Waals surface area contributed by atoms with Crippen molar-refractivity contribution in [2.45, 2.75) is 12.5 Å². The van der Waals surface area contributed by atoms with Crippen molar-refractivity contribution in [1.29, 1.82) is 0 Å². The number of nitrogens with two attached hydrogens (primary N) is 1. The number of hydrogen-bond acceptors (Lipinski definition) is 3. The molecule has 2 rings (SSSR count). The molecule has 0 bridgehead atoms. The third-order valence-corrected chi connectivity index (χ3v) is 3.12. The van der Waals surface area contributed by atoms with Gasteiger partial charge in [0.2, 0.25) is 0 Å². The van der Waals surface area contributed by atoms with Crippen LogP contribution in [0.5, 0.6) is 0 Å². The number of benzene rings is 1. The van der Waals surface area contributed by atoms with Crippen molar-refractivity contribution in [3.63, 3.8) is 0 Å². The SMILES string of the molecule is Cn1nnc(Br)c1C(N)Cc1cc(F)cc(F)c1. The zero-order chi connectivity index (χ0) is 13.3. The van der Waals surface area contributed by atoms with E-state index in [1.165, 1.54) is 16.8 Å². The summed E-state index contributed by atoms with van der Waals surface area (Å²) >= 11 is 3.24. The van der Waals surface area contributed by atoms with Crippen LogP contribution in [0.25, 0.3) is 0 Å². The van der Waals surface area contributed by atoms with E-state index in [2.05, 4.69) is 26.2 Å². The lowest BCUT2D eigenvalue weighted by Gasteiger charge is -2.12. The van der Waals surface area contributed by atoms with Crippen LogP contribution in [0.3, 0.4) is 0 Å². The first kappa shape index (κ1) is 13.1. The average Bonchev–Trinajstić information content (AvgIpc) is 2.56. The van der Waals surface area contributed by atoms with Crippen molar-refractivity contribution in [2.75, 3.05) is 0 Å². The summed E-state index contributed by atoms with van der Waals surface area (Å²) in [5, 5.41) is 7.62. The number of hydrogen-bond donors (Lipinski definition) is 1. The van der Waals surface area contributed by atoms with Crippen LogP contribution in [0.4, 0.5) is 8.78 Å². The standard InChI is InChI=1S/C11H11BrF2N4/c1-18-10(11(12)16-17-18)9(15)4-6-2-7(13)5-8(14)3-6/h2-3,5,9H,4,15H2,1H3. The van der Waals surface area contributed by atoms with Crippen molar-refractivity contribution >= 4 is 15.9 Å². The fraction of sp³-hybridized carbons (Fsp3) is 0.273. The van der Waals surface area contributed by atoms with E-state index in [9.17, 15) is 8.78 Å². The molecule has 7 heteroatoms. The van der Waals surface area contributed by atoms with Gasteiger partial charge in [-0.15, -0.1) is 5.10 Å². The van der Waals surface area contributed by atoms with Crippen LogP contribution in [0.2, 0.25) is 0 Å². The largest absolute Gasteiger partial charge is 0.322 e. The van der Waals surface area contributed by atoms with Crippen molar-refractivity contribution in [2.24, 2.45) is 12.8 Å². The van der Waals surface area contributed by atoms with Gasteiger partial charge in [-0.05, 0) is 40.0 Å². The van der Waals surface area contributed by atoms with E-state index >= 15 is 0 Å². The molecule has 1 unspecified atom stereocenters. The maximum Gasteiger partial charge on any atom is 0.153 e. The van der Waals surface area contributed by atoms with E-state index in [-0.39, 0.29) is 0 Å². The molecule has 0 saturated carbocycles. The Balaban J connectivity index is 2.24. The molecule has 0 aliphatic rings. The van der Waals surface area contributed by atoms with Gasteiger partial charge in [0, 0.05) is 13.1 Å². The highest BCUT2D eigenvalue weighted by Crippen LogP contribution is 2.22. The van der Waals surface area contributed by atoms with Crippen LogP contribution in [0, 0.1) is 11.6 Å². The Bertz CT molecular complexity index is 530. The molecule has 0 amide bonds. The first-order valence-electron chi connectivity index (χ1n) is 5.23. The Morgan fingerprint density at radius 2 is 1.94 bits per heavy atom. The van der Waals surface area contributed by atoms with Crippen LogP contribution in [-0.2, 0) is 13.5 Å². The number of halogens is 3. The molecule has 1 heterocycles. The molecule has 0 spiro atoms. The van der Waals surface area contributed by atoms with Gasteiger partial charge in [0.05, 0.1) is 11.7 Å². The molecule has 1 aromatic carbocycles. The van der Waals surface area contributed by atoms with Crippen molar-refractivity contribution in [3.8, 4) is 0 Å². The molecule has 0 fully saturated rings. The highest BCUT2D eigenvalue weighted by atomic mass is 79.9. The minimum atomic E-state index is -0.612. The lowest BCUT2D eigenvalue weighted by Crippen LogP contribution is -2.17. The van der Waals surface area contributed by atoms with Crippen LogP contribution < -0.4 is 5.73 Å². The van der Waals surface area contributed by atoms with Gasteiger partial charge in [-0.3, -0.25) is 0 Å². The van der Waals surface area contributed by atoms with E-state index in [0.29, 0.717) is 22.3 Å². The topological polar surface area (TPSA) is 56.7 Å². The minimum absolute atomic E-state index is 0.300. The van der Waals surface area contributed by atoms with Gasteiger partial charge >= 0.3 is 0 Å². The lowest BCUT2D eigenvalue weighted by molar-refractivity contribution is 0.570. The molecule has 96 valence electrons. The summed E-state index contributed by atoms with van der Waals surface area (Å²) in [5.74, 6) is -1.22. The summed E-state index contributed by atoms with van der Waals surface area (Å²) in [5.41, 5.74) is 7.17. The Labute approximate surface area is 111 Å². The molecule has 2 aromatic rings. The molecule has 0 aliphatic carbocycles. The van der Waals surface area contributed by atoms with E-state index in [0.717, 1.165) is 6.07 Å². The molecule has 18 heavy (non-hydrogen) atoms.